The maximum absolute atomic E-state index is 7.46. The van der Waals surface area contributed by atoms with Gasteiger partial charge in [-0.15, -0.1) is 0 Å². The summed E-state index contributed by atoms with van der Waals surface area (Å²) in [6.07, 6.45) is 2.67. The fourth-order valence-corrected chi connectivity index (χ4v) is 2.34. The molecule has 0 unspecified atom stereocenters. The largest absolute Gasteiger partial charge is 0.384 e. The van der Waals surface area contributed by atoms with Crippen LogP contribution in [0, 0.1) is 5.41 Å². The normalized spacial score (nSPS) is 15.8. The Morgan fingerprint density at radius 2 is 2.11 bits per heavy atom. The van der Waals surface area contributed by atoms with Crippen LogP contribution < -0.4 is 10.6 Å². The van der Waals surface area contributed by atoms with Crippen molar-refractivity contribution in [1.82, 2.24) is 4.90 Å². The fraction of sp³-hybridized carbons (Fsp3) is 0.500. The maximum Gasteiger partial charge on any atom is 0.122 e. The minimum atomic E-state index is 0.129. The van der Waals surface area contributed by atoms with Crippen LogP contribution in [0.2, 0.25) is 0 Å². The number of nitrogens with one attached hydrogen (secondary N) is 1. The van der Waals surface area contributed by atoms with Crippen LogP contribution in [0.4, 0.5) is 5.69 Å². The second-order valence-electron chi connectivity index (χ2n) is 4.93. The maximum atomic E-state index is 7.46. The van der Waals surface area contributed by atoms with E-state index in [9.17, 15) is 0 Å². The van der Waals surface area contributed by atoms with E-state index in [4.69, 9.17) is 11.1 Å². The number of nitrogens with two attached hydrogens (primary N) is 1. The van der Waals surface area contributed by atoms with Crippen molar-refractivity contribution < 1.29 is 0 Å². The fourth-order valence-electron chi connectivity index (χ4n) is 2.34. The van der Waals surface area contributed by atoms with Crippen molar-refractivity contribution in [2.24, 2.45) is 5.73 Å². The zero-order valence-electron chi connectivity index (χ0n) is 11.0. The van der Waals surface area contributed by atoms with Crippen molar-refractivity contribution in [3.8, 4) is 0 Å². The third kappa shape index (κ3) is 3.23. The Labute approximate surface area is 109 Å². The second-order valence-corrected chi connectivity index (χ2v) is 4.93. The molecule has 4 heteroatoms. The van der Waals surface area contributed by atoms with Gasteiger partial charge >= 0.3 is 0 Å². The van der Waals surface area contributed by atoms with Gasteiger partial charge in [0.15, 0.2) is 0 Å². The van der Waals surface area contributed by atoms with Crippen molar-refractivity contribution in [2.45, 2.75) is 12.8 Å². The first kappa shape index (κ1) is 12.9. The molecule has 18 heavy (non-hydrogen) atoms. The molecular weight excluding hydrogens is 224 g/mol. The molecule has 2 rings (SSSR count). The molecule has 1 saturated heterocycles. The summed E-state index contributed by atoms with van der Waals surface area (Å²) < 4.78 is 0. The van der Waals surface area contributed by atoms with Crippen LogP contribution in [-0.4, -0.2) is 44.0 Å². The number of nitrogens with zero attached hydrogens (tertiary/aromatic N) is 2. The summed E-state index contributed by atoms with van der Waals surface area (Å²) >= 11 is 0. The number of likely N-dealkylation sites (N-methyl/N-ethyl adjacent to an activating group) is 1. The molecule has 1 aromatic rings. The third-order valence-corrected chi connectivity index (χ3v) is 3.55. The summed E-state index contributed by atoms with van der Waals surface area (Å²) in [5, 5.41) is 7.46. The zero-order valence-corrected chi connectivity index (χ0v) is 11.0. The smallest absolute Gasteiger partial charge is 0.122 e. The molecule has 1 heterocycles. The van der Waals surface area contributed by atoms with Crippen LogP contribution in [-0.2, 0) is 0 Å². The third-order valence-electron chi connectivity index (χ3n) is 3.55. The summed E-state index contributed by atoms with van der Waals surface area (Å²) in [5.41, 5.74) is 7.43. The molecule has 1 aliphatic heterocycles. The Kier molecular flexibility index (Phi) is 4.20. The number of rotatable bonds is 5. The molecule has 0 atom stereocenters. The first-order valence-corrected chi connectivity index (χ1v) is 6.55. The van der Waals surface area contributed by atoms with Crippen molar-refractivity contribution in [2.75, 3.05) is 38.1 Å². The van der Waals surface area contributed by atoms with Crippen LogP contribution in [0.15, 0.2) is 24.3 Å². The minimum absolute atomic E-state index is 0.129. The number of likely N-dealkylation sites (tertiary alicyclic amines) is 1. The van der Waals surface area contributed by atoms with Crippen molar-refractivity contribution in [3.63, 3.8) is 0 Å². The molecule has 98 valence electrons. The highest BCUT2D eigenvalue weighted by Crippen LogP contribution is 2.15. The lowest BCUT2D eigenvalue weighted by atomic mass is 10.2. The van der Waals surface area contributed by atoms with Crippen molar-refractivity contribution in [1.29, 1.82) is 5.41 Å². The van der Waals surface area contributed by atoms with E-state index < -0.39 is 0 Å². The van der Waals surface area contributed by atoms with Crippen molar-refractivity contribution in [3.05, 3.63) is 29.8 Å². The minimum Gasteiger partial charge on any atom is -0.384 e. The van der Waals surface area contributed by atoms with E-state index in [1.54, 1.807) is 0 Å². The van der Waals surface area contributed by atoms with E-state index >= 15 is 0 Å². The SMILES string of the molecule is CN(CCN1CCCC1)c1cccc(C(=N)N)c1. The molecule has 0 saturated carbocycles. The molecular formula is C14H22N4. The lowest BCUT2D eigenvalue weighted by Crippen LogP contribution is -2.31. The van der Waals surface area contributed by atoms with Gasteiger partial charge in [-0.2, -0.15) is 0 Å². The monoisotopic (exact) mass is 246 g/mol. The molecule has 0 amide bonds. The summed E-state index contributed by atoms with van der Waals surface area (Å²) in [4.78, 5) is 4.73. The second kappa shape index (κ2) is 5.87. The van der Waals surface area contributed by atoms with Gasteiger partial charge in [0.25, 0.3) is 0 Å². The van der Waals surface area contributed by atoms with Gasteiger partial charge in [0, 0.05) is 31.4 Å². The van der Waals surface area contributed by atoms with Gasteiger partial charge < -0.3 is 15.5 Å². The lowest BCUT2D eigenvalue weighted by molar-refractivity contribution is 0.346. The van der Waals surface area contributed by atoms with Crippen LogP contribution in [0.5, 0.6) is 0 Å². The topological polar surface area (TPSA) is 56.4 Å². The first-order chi connectivity index (χ1) is 8.66. The van der Waals surface area contributed by atoms with Gasteiger partial charge in [0.05, 0.1) is 0 Å². The lowest BCUT2D eigenvalue weighted by Gasteiger charge is -2.23. The van der Waals surface area contributed by atoms with Gasteiger partial charge in [-0.25, -0.2) is 0 Å². The van der Waals surface area contributed by atoms with E-state index in [1.165, 1.54) is 25.9 Å². The molecule has 0 spiro atoms. The van der Waals surface area contributed by atoms with Gasteiger partial charge in [0.2, 0.25) is 0 Å². The number of hydrogen-bond donors (Lipinski definition) is 2. The number of nitrogen functional groups attached to an aromatic ring is 1. The summed E-state index contributed by atoms with van der Waals surface area (Å²) in [6.45, 7) is 4.60. The van der Waals surface area contributed by atoms with E-state index in [0.29, 0.717) is 0 Å². The Morgan fingerprint density at radius 3 is 2.78 bits per heavy atom. The Bertz CT molecular complexity index is 410. The van der Waals surface area contributed by atoms with E-state index in [1.807, 2.05) is 18.2 Å². The van der Waals surface area contributed by atoms with E-state index in [-0.39, 0.29) is 5.84 Å². The Balaban J connectivity index is 1.93. The predicted molar refractivity (Wildman–Crippen MR) is 76.4 cm³/mol. The standard InChI is InChI=1S/C14H22N4/c1-17(9-10-18-7-2-3-8-18)13-6-4-5-12(11-13)14(15)16/h4-6,11H,2-3,7-10H2,1H3,(H3,15,16). The molecule has 1 aliphatic rings. The molecule has 1 aromatic carbocycles. The molecule has 3 N–H and O–H groups in total. The highest BCUT2D eigenvalue weighted by Gasteiger charge is 2.12. The summed E-state index contributed by atoms with van der Waals surface area (Å²) in [5.74, 6) is 0.129. The average molecular weight is 246 g/mol. The molecule has 1 fully saturated rings. The van der Waals surface area contributed by atoms with Crippen LogP contribution in [0.1, 0.15) is 18.4 Å². The number of benzene rings is 1. The number of anilines is 1. The Morgan fingerprint density at radius 1 is 1.39 bits per heavy atom. The first-order valence-electron chi connectivity index (χ1n) is 6.55. The van der Waals surface area contributed by atoms with Crippen LogP contribution in [0.3, 0.4) is 0 Å². The van der Waals surface area contributed by atoms with Crippen LogP contribution in [0.25, 0.3) is 0 Å². The molecule has 0 aliphatic carbocycles. The molecule has 0 radical (unpaired) electrons. The molecule has 0 bridgehead atoms. The van der Waals surface area contributed by atoms with Gasteiger partial charge in [-0.05, 0) is 38.1 Å². The predicted octanol–water partition coefficient (Wildman–Crippen LogP) is 1.50. The Hall–Kier alpha value is -1.55. The van der Waals surface area contributed by atoms with Crippen molar-refractivity contribution >= 4 is 11.5 Å². The number of hydrogen-bond acceptors (Lipinski definition) is 3. The van der Waals surface area contributed by atoms with Gasteiger partial charge in [-0.3, -0.25) is 5.41 Å². The quantitative estimate of drug-likeness (QED) is 0.611. The molecule has 4 nitrogen and oxygen atoms in total. The summed E-state index contributed by atoms with van der Waals surface area (Å²) in [6, 6.07) is 7.88. The average Bonchev–Trinajstić information content (AvgIpc) is 2.89. The van der Waals surface area contributed by atoms with Gasteiger partial charge in [-0.1, -0.05) is 12.1 Å². The van der Waals surface area contributed by atoms with Crippen LogP contribution >= 0.6 is 0 Å². The highest BCUT2D eigenvalue weighted by atomic mass is 15.2. The van der Waals surface area contributed by atoms with E-state index in [2.05, 4.69) is 22.9 Å². The molecule has 0 aromatic heterocycles. The number of amidine groups is 1. The zero-order chi connectivity index (χ0) is 13.0. The van der Waals surface area contributed by atoms with E-state index in [0.717, 1.165) is 24.3 Å². The van der Waals surface area contributed by atoms with Gasteiger partial charge in [0.1, 0.15) is 5.84 Å². The summed E-state index contributed by atoms with van der Waals surface area (Å²) in [7, 11) is 2.09. The highest BCUT2D eigenvalue weighted by molar-refractivity contribution is 5.95.